The summed E-state index contributed by atoms with van der Waals surface area (Å²) >= 11 is 1.62. The number of anilines is 1. The van der Waals surface area contributed by atoms with Crippen LogP contribution in [-0.2, 0) is 0 Å². The largest absolute Gasteiger partial charge is 0.507 e. The van der Waals surface area contributed by atoms with Gasteiger partial charge in [-0.25, -0.2) is 0 Å². The summed E-state index contributed by atoms with van der Waals surface area (Å²) in [7, 11) is 0. The molecule has 0 aliphatic carbocycles. The van der Waals surface area contributed by atoms with Crippen LogP contribution in [0.2, 0.25) is 0 Å². The molecule has 5 heteroatoms. The van der Waals surface area contributed by atoms with Crippen molar-refractivity contribution in [1.29, 1.82) is 0 Å². The van der Waals surface area contributed by atoms with Gasteiger partial charge in [-0.2, -0.15) is 5.10 Å². The Morgan fingerprint density at radius 3 is 2.43 bits per heavy atom. The fraction of sp³-hybridized carbons (Fsp3) is 0.278. The van der Waals surface area contributed by atoms with Gasteiger partial charge in [0, 0.05) is 18.8 Å². The Hall–Kier alpha value is -2.14. The second-order valence-corrected chi connectivity index (χ2v) is 6.42. The number of thioether (sulfide) groups is 1. The van der Waals surface area contributed by atoms with Crippen LogP contribution in [0.25, 0.3) is 0 Å². The molecule has 4 nitrogen and oxygen atoms in total. The lowest BCUT2D eigenvalue weighted by atomic mass is 10.2. The van der Waals surface area contributed by atoms with Crippen LogP contribution in [0.4, 0.5) is 5.69 Å². The topological polar surface area (TPSA) is 47.9 Å². The third-order valence-corrected chi connectivity index (χ3v) is 5.12. The van der Waals surface area contributed by atoms with Crippen LogP contribution >= 0.6 is 11.8 Å². The van der Waals surface area contributed by atoms with E-state index in [0.29, 0.717) is 0 Å². The summed E-state index contributed by atoms with van der Waals surface area (Å²) in [5, 5.41) is 15.2. The van der Waals surface area contributed by atoms with Crippen LogP contribution in [0.3, 0.4) is 0 Å². The van der Waals surface area contributed by atoms with Crippen molar-refractivity contribution in [2.24, 2.45) is 5.10 Å². The molecule has 0 amide bonds. The van der Waals surface area contributed by atoms with E-state index in [4.69, 9.17) is 0 Å². The third kappa shape index (κ3) is 3.29. The van der Waals surface area contributed by atoms with Crippen molar-refractivity contribution in [3.05, 3.63) is 59.7 Å². The van der Waals surface area contributed by atoms with Gasteiger partial charge in [-0.1, -0.05) is 36.0 Å². The maximum absolute atomic E-state index is 9.95. The monoisotopic (exact) mass is 327 g/mol. The quantitative estimate of drug-likeness (QED) is 0.873. The predicted molar refractivity (Wildman–Crippen MR) is 98.1 cm³/mol. The summed E-state index contributed by atoms with van der Waals surface area (Å²) in [6, 6.07) is 15.9. The van der Waals surface area contributed by atoms with Crippen LogP contribution in [-0.4, -0.2) is 23.2 Å². The highest BCUT2D eigenvalue weighted by molar-refractivity contribution is 8.14. The molecule has 0 spiro atoms. The molecule has 120 valence electrons. The predicted octanol–water partition coefficient (Wildman–Crippen LogP) is 3.94. The van der Waals surface area contributed by atoms with Gasteiger partial charge in [-0.3, -0.25) is 5.43 Å². The number of hydrogen-bond acceptors (Lipinski definition) is 5. The van der Waals surface area contributed by atoms with E-state index in [1.807, 2.05) is 18.2 Å². The van der Waals surface area contributed by atoms with Gasteiger partial charge in [0.05, 0.1) is 5.56 Å². The fourth-order valence-corrected chi connectivity index (χ4v) is 3.68. The van der Waals surface area contributed by atoms with Crippen molar-refractivity contribution in [2.75, 3.05) is 18.0 Å². The first kappa shape index (κ1) is 15.7. The van der Waals surface area contributed by atoms with Crippen LogP contribution < -0.4 is 10.3 Å². The number of nitrogens with one attached hydrogen (secondary N) is 1. The smallest absolute Gasteiger partial charge is 0.129 e. The van der Waals surface area contributed by atoms with Gasteiger partial charge >= 0.3 is 0 Å². The lowest BCUT2D eigenvalue weighted by molar-refractivity contribution is 0.474. The fourth-order valence-electron chi connectivity index (χ4n) is 2.65. The van der Waals surface area contributed by atoms with Crippen molar-refractivity contribution in [3.63, 3.8) is 0 Å². The number of hydrazone groups is 1. The molecule has 1 heterocycles. The Kier molecular flexibility index (Phi) is 4.76. The molecule has 0 fully saturated rings. The van der Waals surface area contributed by atoms with E-state index >= 15 is 0 Å². The van der Waals surface area contributed by atoms with Crippen molar-refractivity contribution in [3.8, 4) is 5.75 Å². The summed E-state index contributed by atoms with van der Waals surface area (Å²) in [6.45, 7) is 6.34. The molecule has 2 aromatic carbocycles. The van der Waals surface area contributed by atoms with Gasteiger partial charge in [0.15, 0.2) is 0 Å². The highest BCUT2D eigenvalue weighted by Crippen LogP contribution is 2.36. The Bertz CT molecular complexity index is 696. The summed E-state index contributed by atoms with van der Waals surface area (Å²) in [4.78, 5) is 2.32. The first-order valence-corrected chi connectivity index (χ1v) is 8.74. The molecule has 0 bridgehead atoms. The minimum atomic E-state index is 0.0790. The first-order chi connectivity index (χ1) is 11.2. The van der Waals surface area contributed by atoms with Gasteiger partial charge in [0.1, 0.15) is 16.2 Å². The van der Waals surface area contributed by atoms with E-state index in [2.05, 4.69) is 53.5 Å². The SMILES string of the molecule is CCN(CC)c1ccc([C@H]2NN=C(c3ccccc3O)S2)cc1. The van der Waals surface area contributed by atoms with Gasteiger partial charge in [0.2, 0.25) is 0 Å². The minimum absolute atomic E-state index is 0.0790. The van der Waals surface area contributed by atoms with Crippen molar-refractivity contribution >= 4 is 22.5 Å². The molecule has 0 radical (unpaired) electrons. The number of rotatable bonds is 5. The summed E-state index contributed by atoms with van der Waals surface area (Å²) < 4.78 is 0. The van der Waals surface area contributed by atoms with Gasteiger partial charge in [-0.15, -0.1) is 0 Å². The summed E-state index contributed by atoms with van der Waals surface area (Å²) in [5.41, 5.74) is 6.34. The zero-order chi connectivity index (χ0) is 16.2. The number of phenols is 1. The lowest BCUT2D eigenvalue weighted by Crippen LogP contribution is -2.21. The average molecular weight is 327 g/mol. The maximum Gasteiger partial charge on any atom is 0.129 e. The van der Waals surface area contributed by atoms with E-state index in [0.717, 1.165) is 23.7 Å². The van der Waals surface area contributed by atoms with E-state index in [1.165, 1.54) is 11.3 Å². The van der Waals surface area contributed by atoms with Crippen LogP contribution in [0.15, 0.2) is 53.6 Å². The molecule has 1 atom stereocenters. The van der Waals surface area contributed by atoms with Crippen LogP contribution in [0.1, 0.15) is 30.3 Å². The standard InChI is InChI=1S/C18H21N3OS/c1-3-21(4-2)14-11-9-13(10-12-14)17-19-20-18(23-17)15-7-5-6-8-16(15)22/h5-12,17,19,22H,3-4H2,1-2H3/t17-/m0/s1. The van der Waals surface area contributed by atoms with Crippen LogP contribution in [0, 0.1) is 0 Å². The molecule has 23 heavy (non-hydrogen) atoms. The van der Waals surface area contributed by atoms with E-state index in [-0.39, 0.29) is 11.1 Å². The van der Waals surface area contributed by atoms with Gasteiger partial charge in [-0.05, 0) is 43.7 Å². The van der Waals surface area contributed by atoms with Gasteiger partial charge < -0.3 is 10.0 Å². The highest BCUT2D eigenvalue weighted by Gasteiger charge is 2.23. The number of benzene rings is 2. The number of hydrogen-bond donors (Lipinski definition) is 2. The Balaban J connectivity index is 1.72. The highest BCUT2D eigenvalue weighted by atomic mass is 32.2. The van der Waals surface area contributed by atoms with E-state index in [1.54, 1.807) is 17.8 Å². The zero-order valence-electron chi connectivity index (χ0n) is 13.4. The molecule has 0 aromatic heterocycles. The van der Waals surface area contributed by atoms with E-state index in [9.17, 15) is 5.11 Å². The third-order valence-electron chi connectivity index (χ3n) is 3.97. The van der Waals surface area contributed by atoms with Crippen molar-refractivity contribution in [1.82, 2.24) is 5.43 Å². The molecule has 0 saturated carbocycles. The molecule has 0 saturated heterocycles. The maximum atomic E-state index is 9.95. The normalized spacial score (nSPS) is 16.8. The average Bonchev–Trinajstić information content (AvgIpc) is 3.07. The summed E-state index contributed by atoms with van der Waals surface area (Å²) in [6.07, 6.45) is 0. The molecular weight excluding hydrogens is 306 g/mol. The minimum Gasteiger partial charge on any atom is -0.507 e. The van der Waals surface area contributed by atoms with Crippen molar-refractivity contribution in [2.45, 2.75) is 19.2 Å². The van der Waals surface area contributed by atoms with E-state index < -0.39 is 0 Å². The Morgan fingerprint density at radius 2 is 1.78 bits per heavy atom. The van der Waals surface area contributed by atoms with Crippen LogP contribution in [0.5, 0.6) is 5.75 Å². The van der Waals surface area contributed by atoms with Gasteiger partial charge in [0.25, 0.3) is 0 Å². The number of aromatic hydroxyl groups is 1. The molecule has 0 unspecified atom stereocenters. The second kappa shape index (κ2) is 6.96. The Labute approximate surface area is 141 Å². The molecule has 3 rings (SSSR count). The first-order valence-electron chi connectivity index (χ1n) is 7.86. The number of para-hydroxylation sites is 1. The number of nitrogens with zero attached hydrogens (tertiary/aromatic N) is 2. The Morgan fingerprint density at radius 1 is 1.09 bits per heavy atom. The molecule has 1 aliphatic heterocycles. The lowest BCUT2D eigenvalue weighted by Gasteiger charge is -2.21. The van der Waals surface area contributed by atoms with Crippen molar-refractivity contribution < 1.29 is 5.11 Å². The summed E-state index contributed by atoms with van der Waals surface area (Å²) in [5.74, 6) is 0.262. The second-order valence-electron chi connectivity index (χ2n) is 5.32. The molecule has 2 aromatic rings. The molecule has 2 N–H and O–H groups in total. The number of phenolic OH excluding ortho intramolecular Hbond substituents is 1. The molecule has 1 aliphatic rings. The zero-order valence-corrected chi connectivity index (χ0v) is 14.2. The molecular formula is C18H21N3OS.